The SMILES string of the molecule is CC(C)(C)CNC(=O)C1CN(Cc2ccc(CCc3cccc(C(F)(F)F)c3)cc2)C1. The molecule has 2 aromatic rings. The Kier molecular flexibility index (Phi) is 7.10. The van der Waals surface area contributed by atoms with E-state index in [1.807, 2.05) is 12.1 Å². The van der Waals surface area contributed by atoms with E-state index in [2.05, 4.69) is 43.1 Å². The number of aryl methyl sites for hydroxylation is 2. The quantitative estimate of drug-likeness (QED) is 0.661. The summed E-state index contributed by atoms with van der Waals surface area (Å²) in [4.78, 5) is 14.4. The molecule has 0 spiro atoms. The smallest absolute Gasteiger partial charge is 0.355 e. The fraction of sp³-hybridized carbons (Fsp3) is 0.480. The Morgan fingerprint density at radius 3 is 2.19 bits per heavy atom. The monoisotopic (exact) mass is 432 g/mol. The van der Waals surface area contributed by atoms with Crippen LogP contribution in [-0.4, -0.2) is 30.4 Å². The van der Waals surface area contributed by atoms with Crippen molar-refractivity contribution in [3.63, 3.8) is 0 Å². The molecule has 31 heavy (non-hydrogen) atoms. The first-order valence-electron chi connectivity index (χ1n) is 10.7. The summed E-state index contributed by atoms with van der Waals surface area (Å²) in [6.45, 7) is 9.33. The van der Waals surface area contributed by atoms with Gasteiger partial charge in [0.25, 0.3) is 0 Å². The Balaban J connectivity index is 1.43. The zero-order valence-electron chi connectivity index (χ0n) is 18.4. The van der Waals surface area contributed by atoms with E-state index in [0.717, 1.165) is 31.3 Å². The molecule has 0 unspecified atom stereocenters. The van der Waals surface area contributed by atoms with Crippen molar-refractivity contribution in [1.82, 2.24) is 10.2 Å². The number of carbonyl (C=O) groups is 1. The number of benzene rings is 2. The van der Waals surface area contributed by atoms with Crippen LogP contribution in [0.25, 0.3) is 0 Å². The van der Waals surface area contributed by atoms with Crippen LogP contribution in [0.5, 0.6) is 0 Å². The lowest BCUT2D eigenvalue weighted by atomic mass is 9.94. The van der Waals surface area contributed by atoms with E-state index >= 15 is 0 Å². The molecular formula is C25H31F3N2O. The summed E-state index contributed by atoms with van der Waals surface area (Å²) in [5.41, 5.74) is 2.46. The minimum Gasteiger partial charge on any atom is -0.355 e. The molecule has 0 radical (unpaired) electrons. The van der Waals surface area contributed by atoms with Crippen LogP contribution >= 0.6 is 0 Å². The first kappa shape index (κ1) is 23.3. The van der Waals surface area contributed by atoms with Crippen molar-refractivity contribution in [1.29, 1.82) is 0 Å². The number of nitrogens with one attached hydrogen (secondary N) is 1. The first-order chi connectivity index (χ1) is 14.5. The molecule has 1 saturated heterocycles. The van der Waals surface area contributed by atoms with Crippen molar-refractivity contribution in [3.8, 4) is 0 Å². The van der Waals surface area contributed by atoms with Crippen molar-refractivity contribution in [2.45, 2.75) is 46.3 Å². The third-order valence-electron chi connectivity index (χ3n) is 5.51. The predicted octanol–water partition coefficient (Wildman–Crippen LogP) is 5.08. The highest BCUT2D eigenvalue weighted by atomic mass is 19.4. The highest BCUT2D eigenvalue weighted by Crippen LogP contribution is 2.29. The van der Waals surface area contributed by atoms with Gasteiger partial charge in [0, 0.05) is 26.2 Å². The number of carbonyl (C=O) groups excluding carboxylic acids is 1. The molecule has 0 saturated carbocycles. The van der Waals surface area contributed by atoms with E-state index < -0.39 is 11.7 Å². The van der Waals surface area contributed by atoms with Crippen LogP contribution in [-0.2, 0) is 30.4 Å². The number of hydrogen-bond donors (Lipinski definition) is 1. The fourth-order valence-corrected chi connectivity index (χ4v) is 3.62. The minimum atomic E-state index is -4.30. The van der Waals surface area contributed by atoms with Crippen molar-refractivity contribution in [3.05, 3.63) is 70.8 Å². The van der Waals surface area contributed by atoms with Gasteiger partial charge < -0.3 is 5.32 Å². The topological polar surface area (TPSA) is 32.3 Å². The Morgan fingerprint density at radius 2 is 1.58 bits per heavy atom. The second-order valence-electron chi connectivity index (χ2n) is 9.68. The fourth-order valence-electron chi connectivity index (χ4n) is 3.62. The van der Waals surface area contributed by atoms with Gasteiger partial charge in [0.1, 0.15) is 0 Å². The van der Waals surface area contributed by atoms with Gasteiger partial charge in [0.05, 0.1) is 11.5 Å². The van der Waals surface area contributed by atoms with Gasteiger partial charge in [-0.1, -0.05) is 63.2 Å². The number of alkyl halides is 3. The minimum absolute atomic E-state index is 0.0640. The van der Waals surface area contributed by atoms with E-state index in [9.17, 15) is 18.0 Å². The van der Waals surface area contributed by atoms with Crippen LogP contribution in [0.15, 0.2) is 48.5 Å². The largest absolute Gasteiger partial charge is 0.416 e. The molecular weight excluding hydrogens is 401 g/mol. The molecule has 2 aromatic carbocycles. The normalized spacial score (nSPS) is 15.5. The van der Waals surface area contributed by atoms with Gasteiger partial charge >= 0.3 is 6.18 Å². The number of nitrogens with zero attached hydrogens (tertiary/aromatic N) is 1. The lowest BCUT2D eigenvalue weighted by Gasteiger charge is -2.38. The Morgan fingerprint density at radius 1 is 0.968 bits per heavy atom. The summed E-state index contributed by atoms with van der Waals surface area (Å²) in [6.07, 6.45) is -3.04. The molecule has 1 heterocycles. The van der Waals surface area contributed by atoms with Crippen LogP contribution in [0, 0.1) is 11.3 Å². The van der Waals surface area contributed by atoms with Gasteiger partial charge in [0.15, 0.2) is 0 Å². The second-order valence-corrected chi connectivity index (χ2v) is 9.68. The maximum absolute atomic E-state index is 12.8. The van der Waals surface area contributed by atoms with Crippen LogP contribution in [0.2, 0.25) is 0 Å². The molecule has 0 aromatic heterocycles. The molecule has 1 aliphatic heterocycles. The summed E-state index contributed by atoms with van der Waals surface area (Å²) < 4.78 is 38.5. The number of amides is 1. The molecule has 6 heteroatoms. The van der Waals surface area contributed by atoms with Crippen molar-refractivity contribution in [2.24, 2.45) is 11.3 Å². The molecule has 0 aliphatic carbocycles. The summed E-state index contributed by atoms with van der Waals surface area (Å²) in [5, 5.41) is 3.03. The van der Waals surface area contributed by atoms with Crippen LogP contribution < -0.4 is 5.32 Å². The third-order valence-corrected chi connectivity index (χ3v) is 5.51. The maximum atomic E-state index is 12.8. The van der Waals surface area contributed by atoms with Gasteiger partial charge in [-0.05, 0) is 41.0 Å². The van der Waals surface area contributed by atoms with Crippen LogP contribution in [0.3, 0.4) is 0 Å². The number of halogens is 3. The summed E-state index contributed by atoms with van der Waals surface area (Å²) in [7, 11) is 0. The highest BCUT2D eigenvalue weighted by Gasteiger charge is 2.33. The van der Waals surface area contributed by atoms with E-state index in [4.69, 9.17) is 0 Å². The molecule has 168 valence electrons. The highest BCUT2D eigenvalue weighted by molar-refractivity contribution is 5.80. The standard InChI is InChI=1S/C25H31F3N2O/c1-24(2,3)17-29-23(31)21-15-30(16-21)14-20-11-8-18(9-12-20)7-10-19-5-4-6-22(13-19)25(26,27)28/h4-6,8-9,11-13,21H,7,10,14-17H2,1-3H3,(H,29,31). The van der Waals surface area contributed by atoms with Crippen molar-refractivity contribution in [2.75, 3.05) is 19.6 Å². The van der Waals surface area contributed by atoms with Crippen LogP contribution in [0.1, 0.15) is 43.0 Å². The molecule has 1 amide bonds. The molecule has 3 nitrogen and oxygen atoms in total. The van der Waals surface area contributed by atoms with Gasteiger partial charge in [0.2, 0.25) is 5.91 Å². The molecule has 0 bridgehead atoms. The average molecular weight is 433 g/mol. The molecule has 1 fully saturated rings. The molecule has 3 rings (SSSR count). The van der Waals surface area contributed by atoms with E-state index in [-0.39, 0.29) is 17.2 Å². The molecule has 1 aliphatic rings. The Labute approximate surface area is 182 Å². The first-order valence-corrected chi connectivity index (χ1v) is 10.7. The Hall–Kier alpha value is -2.34. The van der Waals surface area contributed by atoms with Gasteiger partial charge in [-0.3, -0.25) is 9.69 Å². The van der Waals surface area contributed by atoms with Crippen LogP contribution in [0.4, 0.5) is 13.2 Å². The van der Waals surface area contributed by atoms with E-state index in [0.29, 0.717) is 24.9 Å². The maximum Gasteiger partial charge on any atom is 0.416 e. The number of hydrogen-bond acceptors (Lipinski definition) is 2. The van der Waals surface area contributed by atoms with E-state index in [1.54, 1.807) is 6.07 Å². The second kappa shape index (κ2) is 9.43. The Bertz CT molecular complexity index is 879. The predicted molar refractivity (Wildman–Crippen MR) is 117 cm³/mol. The van der Waals surface area contributed by atoms with Gasteiger partial charge in [-0.2, -0.15) is 13.2 Å². The zero-order chi connectivity index (χ0) is 22.6. The van der Waals surface area contributed by atoms with E-state index in [1.165, 1.54) is 17.7 Å². The molecule has 1 N–H and O–H groups in total. The summed E-state index contributed by atoms with van der Waals surface area (Å²) in [6, 6.07) is 13.7. The third kappa shape index (κ3) is 7.10. The summed E-state index contributed by atoms with van der Waals surface area (Å²) in [5.74, 6) is 0.199. The number of rotatable bonds is 7. The lowest BCUT2D eigenvalue weighted by molar-refractivity contribution is -0.137. The van der Waals surface area contributed by atoms with Gasteiger partial charge in [-0.25, -0.2) is 0 Å². The van der Waals surface area contributed by atoms with Crippen molar-refractivity contribution < 1.29 is 18.0 Å². The molecule has 0 atom stereocenters. The van der Waals surface area contributed by atoms with Gasteiger partial charge in [-0.15, -0.1) is 0 Å². The summed E-state index contributed by atoms with van der Waals surface area (Å²) >= 11 is 0. The zero-order valence-corrected chi connectivity index (χ0v) is 18.4. The average Bonchev–Trinajstić information content (AvgIpc) is 2.67. The number of likely N-dealkylation sites (tertiary alicyclic amines) is 1. The lowest BCUT2D eigenvalue weighted by Crippen LogP contribution is -2.53. The van der Waals surface area contributed by atoms with Crippen molar-refractivity contribution >= 4 is 5.91 Å².